The van der Waals surface area contributed by atoms with Gasteiger partial charge in [0.1, 0.15) is 5.58 Å². The molecule has 1 aromatic heterocycles. The van der Waals surface area contributed by atoms with Crippen LogP contribution < -0.4 is 10.6 Å². The van der Waals surface area contributed by atoms with Crippen molar-refractivity contribution in [3.8, 4) is 0 Å². The van der Waals surface area contributed by atoms with E-state index in [0.29, 0.717) is 29.0 Å². The lowest BCUT2D eigenvalue weighted by atomic mass is 10.1. The highest BCUT2D eigenvalue weighted by Crippen LogP contribution is 2.27. The molecule has 1 heterocycles. The first-order valence-corrected chi connectivity index (χ1v) is 9.40. The first-order chi connectivity index (χ1) is 14.5. The van der Waals surface area contributed by atoms with Gasteiger partial charge in [0, 0.05) is 35.9 Å². The summed E-state index contributed by atoms with van der Waals surface area (Å²) in [6.45, 7) is 2.01. The maximum absolute atomic E-state index is 12.5. The predicted octanol–water partition coefficient (Wildman–Crippen LogP) is 3.12. The van der Waals surface area contributed by atoms with Crippen molar-refractivity contribution in [3.63, 3.8) is 0 Å². The van der Waals surface area contributed by atoms with Gasteiger partial charge >= 0.3 is 5.97 Å². The second-order valence-corrected chi connectivity index (χ2v) is 6.33. The number of benzene rings is 2. The van der Waals surface area contributed by atoms with Crippen LogP contribution in [0.2, 0.25) is 0 Å². The number of carbonyl (C=O) groups is 3. The van der Waals surface area contributed by atoms with E-state index in [-0.39, 0.29) is 18.3 Å². The third-order valence-electron chi connectivity index (χ3n) is 4.30. The van der Waals surface area contributed by atoms with Gasteiger partial charge in [0.05, 0.1) is 6.61 Å². The number of nitrogens with one attached hydrogen (secondary N) is 2. The molecule has 2 amide bonds. The second-order valence-electron chi connectivity index (χ2n) is 6.33. The average molecular weight is 410 g/mol. The van der Waals surface area contributed by atoms with Crippen LogP contribution in [0, 0.1) is 0 Å². The van der Waals surface area contributed by atoms with Crippen molar-refractivity contribution < 1.29 is 28.3 Å². The smallest absolute Gasteiger partial charge is 0.375 e. The lowest BCUT2D eigenvalue weighted by molar-refractivity contribution is -0.119. The van der Waals surface area contributed by atoms with Gasteiger partial charge in [-0.15, -0.1) is 0 Å². The number of ether oxygens (including phenoxy) is 2. The highest BCUT2D eigenvalue weighted by molar-refractivity contribution is 5.99. The number of hydrogen-bond donors (Lipinski definition) is 2. The molecule has 0 atom stereocenters. The zero-order chi connectivity index (χ0) is 21.5. The minimum atomic E-state index is -0.754. The molecule has 156 valence electrons. The first kappa shape index (κ1) is 21.1. The zero-order valence-corrected chi connectivity index (χ0v) is 16.7. The van der Waals surface area contributed by atoms with E-state index in [9.17, 15) is 14.4 Å². The largest absolute Gasteiger partial charge is 0.450 e. The summed E-state index contributed by atoms with van der Waals surface area (Å²) in [5.41, 5.74) is 1.93. The van der Waals surface area contributed by atoms with Crippen molar-refractivity contribution in [2.75, 3.05) is 25.6 Å². The van der Waals surface area contributed by atoms with Crippen LogP contribution in [0.5, 0.6) is 0 Å². The Hall–Kier alpha value is -3.65. The molecule has 0 aliphatic carbocycles. The van der Waals surface area contributed by atoms with Crippen LogP contribution in [0.4, 0.5) is 5.69 Å². The summed E-state index contributed by atoms with van der Waals surface area (Å²) in [7, 11) is 1.52. The molecule has 3 aromatic rings. The number of carbonyl (C=O) groups excluding carboxylic acids is 3. The summed E-state index contributed by atoms with van der Waals surface area (Å²) < 4.78 is 16.2. The van der Waals surface area contributed by atoms with E-state index in [4.69, 9.17) is 13.9 Å². The maximum atomic E-state index is 12.5. The van der Waals surface area contributed by atoms with Crippen molar-refractivity contribution in [1.82, 2.24) is 5.32 Å². The Morgan fingerprint density at radius 1 is 1.07 bits per heavy atom. The second kappa shape index (κ2) is 9.71. The number of hydrogen-bond acceptors (Lipinski definition) is 6. The lowest BCUT2D eigenvalue weighted by Crippen LogP contribution is -2.22. The van der Waals surface area contributed by atoms with Gasteiger partial charge in [-0.2, -0.15) is 0 Å². The Kier molecular flexibility index (Phi) is 6.82. The van der Waals surface area contributed by atoms with Gasteiger partial charge in [0.15, 0.2) is 6.61 Å². The molecule has 8 nitrogen and oxygen atoms in total. The third kappa shape index (κ3) is 4.84. The Bertz CT molecular complexity index is 1070. The van der Waals surface area contributed by atoms with Crippen molar-refractivity contribution in [2.24, 2.45) is 0 Å². The highest BCUT2D eigenvalue weighted by atomic mass is 16.5. The van der Waals surface area contributed by atoms with E-state index in [2.05, 4.69) is 10.6 Å². The normalized spacial score (nSPS) is 10.6. The molecule has 30 heavy (non-hydrogen) atoms. The minimum absolute atomic E-state index is 0.0130. The predicted molar refractivity (Wildman–Crippen MR) is 110 cm³/mol. The lowest BCUT2D eigenvalue weighted by Gasteiger charge is -2.08. The van der Waals surface area contributed by atoms with E-state index in [0.717, 1.165) is 5.39 Å². The van der Waals surface area contributed by atoms with Crippen LogP contribution in [-0.4, -0.2) is 38.0 Å². The van der Waals surface area contributed by atoms with Crippen LogP contribution in [0.25, 0.3) is 11.0 Å². The number of para-hydroxylation sites is 1. The van der Waals surface area contributed by atoms with Gasteiger partial charge in [-0.05, 0) is 31.2 Å². The molecule has 0 bridgehead atoms. The maximum Gasteiger partial charge on any atom is 0.375 e. The topological polar surface area (TPSA) is 107 Å². The van der Waals surface area contributed by atoms with Crippen LogP contribution in [0.15, 0.2) is 52.9 Å². The third-order valence-corrected chi connectivity index (χ3v) is 4.30. The Morgan fingerprint density at radius 2 is 1.87 bits per heavy atom. The fourth-order valence-electron chi connectivity index (χ4n) is 2.89. The molecule has 0 aliphatic rings. The zero-order valence-electron chi connectivity index (χ0n) is 16.7. The molecule has 3 rings (SSSR count). The average Bonchev–Trinajstić information content (AvgIpc) is 3.14. The molecule has 0 spiro atoms. The SMILES string of the molecule is CCOCc1c(C(=O)OCC(=O)Nc2cccc(C(=O)NC)c2)oc2ccccc12. The Morgan fingerprint density at radius 3 is 2.63 bits per heavy atom. The monoisotopic (exact) mass is 410 g/mol. The molecule has 2 N–H and O–H groups in total. The van der Waals surface area contributed by atoms with Gasteiger partial charge in [-0.3, -0.25) is 9.59 Å². The van der Waals surface area contributed by atoms with Crippen LogP contribution in [0.1, 0.15) is 33.4 Å². The number of rotatable bonds is 8. The van der Waals surface area contributed by atoms with Crippen molar-refractivity contribution in [1.29, 1.82) is 0 Å². The Labute approximate surface area is 173 Å². The molecule has 8 heteroatoms. The molecule has 0 saturated carbocycles. The van der Waals surface area contributed by atoms with Crippen molar-refractivity contribution >= 4 is 34.4 Å². The van der Waals surface area contributed by atoms with E-state index in [1.165, 1.54) is 13.1 Å². The number of furan rings is 1. The van der Waals surface area contributed by atoms with E-state index < -0.39 is 18.5 Å². The number of fused-ring (bicyclic) bond motifs is 1. The molecule has 0 saturated heterocycles. The standard InChI is InChI=1S/C22H22N2O6/c1-3-28-12-17-16-9-4-5-10-18(16)30-20(17)22(27)29-13-19(25)24-15-8-6-7-14(11-15)21(26)23-2/h4-11H,3,12-13H2,1-2H3,(H,23,26)(H,24,25). The van der Waals surface area contributed by atoms with Crippen molar-refractivity contribution in [2.45, 2.75) is 13.5 Å². The number of amides is 2. The van der Waals surface area contributed by atoms with Gasteiger partial charge in [0.25, 0.3) is 11.8 Å². The fourth-order valence-corrected chi connectivity index (χ4v) is 2.89. The van der Waals surface area contributed by atoms with Gasteiger partial charge in [-0.1, -0.05) is 24.3 Å². The van der Waals surface area contributed by atoms with Gasteiger partial charge in [-0.25, -0.2) is 4.79 Å². The van der Waals surface area contributed by atoms with Gasteiger partial charge < -0.3 is 24.5 Å². The number of anilines is 1. The van der Waals surface area contributed by atoms with E-state index in [1.807, 2.05) is 19.1 Å². The molecular formula is C22H22N2O6. The molecule has 0 aliphatic heterocycles. The molecular weight excluding hydrogens is 388 g/mol. The van der Waals surface area contributed by atoms with Crippen LogP contribution >= 0.6 is 0 Å². The summed E-state index contributed by atoms with van der Waals surface area (Å²) in [5, 5.41) is 5.86. The van der Waals surface area contributed by atoms with Gasteiger partial charge in [0.2, 0.25) is 5.76 Å². The fraction of sp³-hybridized carbons (Fsp3) is 0.227. The van der Waals surface area contributed by atoms with Crippen molar-refractivity contribution in [3.05, 3.63) is 65.4 Å². The molecule has 2 aromatic carbocycles. The highest BCUT2D eigenvalue weighted by Gasteiger charge is 2.22. The summed E-state index contributed by atoms with van der Waals surface area (Å²) in [6.07, 6.45) is 0. The summed E-state index contributed by atoms with van der Waals surface area (Å²) >= 11 is 0. The van der Waals surface area contributed by atoms with E-state index in [1.54, 1.807) is 30.3 Å². The molecule has 0 radical (unpaired) electrons. The quantitative estimate of drug-likeness (QED) is 0.553. The van der Waals surface area contributed by atoms with Crippen LogP contribution in [-0.2, 0) is 20.9 Å². The minimum Gasteiger partial charge on any atom is -0.450 e. The molecule has 0 fully saturated rings. The summed E-state index contributed by atoms with van der Waals surface area (Å²) in [6, 6.07) is 13.6. The Balaban J connectivity index is 1.67. The summed E-state index contributed by atoms with van der Waals surface area (Å²) in [5.74, 6) is -1.56. The first-order valence-electron chi connectivity index (χ1n) is 9.40. The summed E-state index contributed by atoms with van der Waals surface area (Å²) in [4.78, 5) is 36.4. The number of esters is 1. The van der Waals surface area contributed by atoms with E-state index >= 15 is 0 Å². The molecule has 0 unspecified atom stereocenters. The van der Waals surface area contributed by atoms with Crippen LogP contribution in [0.3, 0.4) is 0 Å².